The molecule has 1 fully saturated rings. The van der Waals surface area contributed by atoms with Gasteiger partial charge in [0, 0.05) is 12.6 Å². The lowest BCUT2D eigenvalue weighted by Gasteiger charge is -2.28. The monoisotopic (exact) mass is 447 g/mol. The van der Waals surface area contributed by atoms with Gasteiger partial charge in [0.25, 0.3) is 5.91 Å². The number of nitrogens with zero attached hydrogens (tertiary/aromatic N) is 1. The normalized spacial score (nSPS) is 17.2. The zero-order valence-corrected chi connectivity index (χ0v) is 19.2. The van der Waals surface area contributed by atoms with Crippen LogP contribution in [0.15, 0.2) is 36.4 Å². The molecule has 2 aromatic carbocycles. The summed E-state index contributed by atoms with van der Waals surface area (Å²) in [7, 11) is -0.0431. The molecule has 0 radical (unpaired) electrons. The lowest BCUT2D eigenvalue weighted by Crippen LogP contribution is -2.43. The van der Waals surface area contributed by atoms with Gasteiger partial charge in [-0.3, -0.25) is 4.79 Å². The first kappa shape index (κ1) is 22.9. The summed E-state index contributed by atoms with van der Waals surface area (Å²) in [5.74, 6) is 1.56. The second-order valence-corrected chi connectivity index (χ2v) is 10.0. The molecule has 3 rings (SSSR count). The van der Waals surface area contributed by atoms with Crippen molar-refractivity contribution < 1.29 is 27.4 Å². The number of benzene rings is 2. The number of aryl methyl sites for hydroxylation is 2. The second kappa shape index (κ2) is 9.60. The van der Waals surface area contributed by atoms with Gasteiger partial charge >= 0.3 is 0 Å². The quantitative estimate of drug-likeness (QED) is 0.619. The van der Waals surface area contributed by atoms with Gasteiger partial charge in [-0.05, 0) is 61.2 Å². The highest BCUT2D eigenvalue weighted by Gasteiger charge is 2.35. The lowest BCUT2D eigenvalue weighted by atomic mass is 10.1. The molecule has 0 unspecified atom stereocenters. The van der Waals surface area contributed by atoms with E-state index in [4.69, 9.17) is 14.2 Å². The molecule has 1 saturated heterocycles. The van der Waals surface area contributed by atoms with Crippen LogP contribution in [-0.4, -0.2) is 57.6 Å². The van der Waals surface area contributed by atoms with E-state index in [1.807, 2.05) is 38.1 Å². The van der Waals surface area contributed by atoms with Crippen molar-refractivity contribution in [1.29, 1.82) is 0 Å². The van der Waals surface area contributed by atoms with Gasteiger partial charge in [-0.1, -0.05) is 12.1 Å². The minimum atomic E-state index is -3.15. The van der Waals surface area contributed by atoms with E-state index in [1.54, 1.807) is 31.3 Å². The Labute approximate surface area is 183 Å². The number of amides is 1. The fourth-order valence-corrected chi connectivity index (χ4v) is 5.38. The molecule has 1 atom stereocenters. The number of hydrogen-bond donors (Lipinski definition) is 0. The van der Waals surface area contributed by atoms with Crippen molar-refractivity contribution in [1.82, 2.24) is 4.90 Å². The van der Waals surface area contributed by atoms with Gasteiger partial charge in [0.1, 0.15) is 5.75 Å². The lowest BCUT2D eigenvalue weighted by molar-refractivity contribution is -0.136. The number of ether oxygens (including phenoxy) is 3. The fourth-order valence-electron chi connectivity index (χ4n) is 3.65. The highest BCUT2D eigenvalue weighted by Crippen LogP contribution is 2.29. The third kappa shape index (κ3) is 5.70. The molecule has 0 N–H and O–H groups in total. The predicted molar refractivity (Wildman–Crippen MR) is 119 cm³/mol. The Morgan fingerprint density at radius 2 is 1.77 bits per heavy atom. The van der Waals surface area contributed by atoms with Crippen LogP contribution in [0.1, 0.15) is 23.1 Å². The molecule has 1 heterocycles. The van der Waals surface area contributed by atoms with Crippen molar-refractivity contribution in [2.45, 2.75) is 32.9 Å². The molecule has 8 heteroatoms. The Balaban J connectivity index is 1.79. The molecule has 2 aromatic rings. The minimum Gasteiger partial charge on any atom is -0.493 e. The van der Waals surface area contributed by atoms with E-state index in [-0.39, 0.29) is 36.6 Å². The Morgan fingerprint density at radius 1 is 1.03 bits per heavy atom. The van der Waals surface area contributed by atoms with Crippen molar-refractivity contribution in [2.75, 3.05) is 32.3 Å². The summed E-state index contributed by atoms with van der Waals surface area (Å²) in [6.45, 7) is 4.09. The van der Waals surface area contributed by atoms with Crippen molar-refractivity contribution in [3.63, 3.8) is 0 Å². The second-order valence-electron chi connectivity index (χ2n) is 7.80. The topological polar surface area (TPSA) is 82.1 Å². The maximum atomic E-state index is 13.1. The standard InChI is InChI=1S/C23H29NO6S/c1-16-5-7-20(11-17(16)2)30-14-23(25)24(19-9-10-31(26,27)15-19)13-18-6-8-21(28-3)22(12-18)29-4/h5-8,11-12,19H,9-10,13-15H2,1-4H3/t19-/m1/s1. The summed E-state index contributed by atoms with van der Waals surface area (Å²) in [4.78, 5) is 14.7. The Kier molecular flexibility index (Phi) is 7.10. The molecule has 0 aliphatic carbocycles. The Morgan fingerprint density at radius 3 is 2.39 bits per heavy atom. The SMILES string of the molecule is COc1ccc(CN(C(=O)COc2ccc(C)c(C)c2)[C@@H]2CCS(=O)(=O)C2)cc1OC. The van der Waals surface area contributed by atoms with E-state index < -0.39 is 9.84 Å². The van der Waals surface area contributed by atoms with Crippen LogP contribution < -0.4 is 14.2 Å². The zero-order chi connectivity index (χ0) is 22.6. The van der Waals surface area contributed by atoms with E-state index >= 15 is 0 Å². The first-order chi connectivity index (χ1) is 14.7. The van der Waals surface area contributed by atoms with E-state index in [1.165, 1.54) is 0 Å². The summed E-state index contributed by atoms with van der Waals surface area (Å²) in [5.41, 5.74) is 3.04. The van der Waals surface area contributed by atoms with Gasteiger partial charge < -0.3 is 19.1 Å². The first-order valence-corrected chi connectivity index (χ1v) is 12.0. The predicted octanol–water partition coefficient (Wildman–Crippen LogP) is 2.92. The molecule has 31 heavy (non-hydrogen) atoms. The van der Waals surface area contributed by atoms with Gasteiger partial charge in [0.2, 0.25) is 0 Å². The summed E-state index contributed by atoms with van der Waals surface area (Å²) < 4.78 is 40.5. The number of carbonyl (C=O) groups excluding carboxylic acids is 1. The molecule has 0 aromatic heterocycles. The van der Waals surface area contributed by atoms with Gasteiger partial charge in [0.15, 0.2) is 27.9 Å². The van der Waals surface area contributed by atoms with E-state index in [0.29, 0.717) is 23.7 Å². The third-order valence-corrected chi connectivity index (χ3v) is 7.36. The van der Waals surface area contributed by atoms with E-state index in [0.717, 1.165) is 16.7 Å². The molecular formula is C23H29NO6S. The highest BCUT2D eigenvalue weighted by molar-refractivity contribution is 7.91. The van der Waals surface area contributed by atoms with Gasteiger partial charge in [-0.15, -0.1) is 0 Å². The van der Waals surface area contributed by atoms with E-state index in [2.05, 4.69) is 0 Å². The van der Waals surface area contributed by atoms with Crippen molar-refractivity contribution in [2.24, 2.45) is 0 Å². The minimum absolute atomic E-state index is 0.0321. The first-order valence-electron chi connectivity index (χ1n) is 10.1. The largest absolute Gasteiger partial charge is 0.493 e. The summed E-state index contributed by atoms with van der Waals surface area (Å²) in [6.07, 6.45) is 0.422. The van der Waals surface area contributed by atoms with E-state index in [9.17, 15) is 13.2 Å². The molecule has 168 valence electrons. The maximum Gasteiger partial charge on any atom is 0.261 e. The highest BCUT2D eigenvalue weighted by atomic mass is 32.2. The van der Waals surface area contributed by atoms with Crippen LogP contribution in [0.2, 0.25) is 0 Å². The summed E-state index contributed by atoms with van der Waals surface area (Å²) in [6, 6.07) is 10.7. The average Bonchev–Trinajstić information content (AvgIpc) is 3.11. The molecule has 1 amide bonds. The number of rotatable bonds is 8. The van der Waals surface area contributed by atoms with Crippen LogP contribution in [0.5, 0.6) is 17.2 Å². The van der Waals surface area contributed by atoms with Crippen molar-refractivity contribution in [3.8, 4) is 17.2 Å². The maximum absolute atomic E-state index is 13.1. The molecule has 1 aliphatic heterocycles. The number of sulfone groups is 1. The smallest absolute Gasteiger partial charge is 0.261 e. The molecule has 0 spiro atoms. The van der Waals surface area contributed by atoms with Crippen LogP contribution in [0.25, 0.3) is 0 Å². The van der Waals surface area contributed by atoms with Gasteiger partial charge in [0.05, 0.1) is 25.7 Å². The molecule has 7 nitrogen and oxygen atoms in total. The zero-order valence-electron chi connectivity index (χ0n) is 18.4. The number of methoxy groups -OCH3 is 2. The van der Waals surface area contributed by atoms with Crippen LogP contribution >= 0.6 is 0 Å². The molecule has 0 saturated carbocycles. The molecular weight excluding hydrogens is 418 g/mol. The number of hydrogen-bond acceptors (Lipinski definition) is 6. The van der Waals surface area contributed by atoms with Crippen LogP contribution in [0.3, 0.4) is 0 Å². The molecule has 1 aliphatic rings. The van der Waals surface area contributed by atoms with Crippen LogP contribution in [-0.2, 0) is 21.2 Å². The summed E-state index contributed by atoms with van der Waals surface area (Å²) >= 11 is 0. The average molecular weight is 448 g/mol. The Hall–Kier alpha value is -2.74. The van der Waals surface area contributed by atoms with Crippen molar-refractivity contribution in [3.05, 3.63) is 53.1 Å². The van der Waals surface area contributed by atoms with Crippen LogP contribution in [0, 0.1) is 13.8 Å². The van der Waals surface area contributed by atoms with Crippen LogP contribution in [0.4, 0.5) is 0 Å². The summed E-state index contributed by atoms with van der Waals surface area (Å²) in [5, 5.41) is 0. The fraction of sp³-hybridized carbons (Fsp3) is 0.435. The van der Waals surface area contributed by atoms with Gasteiger partial charge in [-0.25, -0.2) is 8.42 Å². The number of carbonyl (C=O) groups is 1. The molecule has 0 bridgehead atoms. The van der Waals surface area contributed by atoms with Gasteiger partial charge in [-0.2, -0.15) is 0 Å². The van der Waals surface area contributed by atoms with Crippen molar-refractivity contribution >= 4 is 15.7 Å². The third-order valence-electron chi connectivity index (χ3n) is 5.61. The Bertz CT molecular complexity index is 1050.